The first kappa shape index (κ1) is 24.3. The summed E-state index contributed by atoms with van der Waals surface area (Å²) in [5.41, 5.74) is 2.80. The fourth-order valence-electron chi connectivity index (χ4n) is 4.49. The summed E-state index contributed by atoms with van der Waals surface area (Å²) in [6.07, 6.45) is 4.77. The summed E-state index contributed by atoms with van der Waals surface area (Å²) < 4.78 is 1.73. The van der Waals surface area contributed by atoms with Crippen LogP contribution in [0.4, 0.5) is 5.69 Å². The molecule has 186 valence electrons. The number of carbonyl (C=O) groups is 2. The number of amides is 2. The summed E-state index contributed by atoms with van der Waals surface area (Å²) in [6, 6.07) is 9.67. The Bertz CT molecular complexity index is 1350. The van der Waals surface area contributed by atoms with Crippen molar-refractivity contribution >= 4 is 40.2 Å². The summed E-state index contributed by atoms with van der Waals surface area (Å²) in [6.45, 7) is 5.34. The Hall–Kier alpha value is -3.37. The highest BCUT2D eigenvalue weighted by atomic mass is 32.1. The molecule has 0 unspecified atom stereocenters. The van der Waals surface area contributed by atoms with Gasteiger partial charge in [-0.15, -0.1) is 22.7 Å². The molecule has 8 nitrogen and oxygen atoms in total. The van der Waals surface area contributed by atoms with Crippen LogP contribution in [-0.4, -0.2) is 49.6 Å². The van der Waals surface area contributed by atoms with E-state index >= 15 is 0 Å². The Morgan fingerprint density at radius 3 is 2.69 bits per heavy atom. The molecule has 1 saturated heterocycles. The van der Waals surface area contributed by atoms with Crippen LogP contribution < -0.4 is 5.32 Å². The van der Waals surface area contributed by atoms with E-state index in [0.717, 1.165) is 48.7 Å². The number of hydrogen-bond acceptors (Lipinski definition) is 7. The highest BCUT2D eigenvalue weighted by molar-refractivity contribution is 7.10. The molecule has 5 rings (SSSR count). The first-order valence-electron chi connectivity index (χ1n) is 12.0. The highest BCUT2D eigenvalue weighted by Crippen LogP contribution is 2.31. The van der Waals surface area contributed by atoms with E-state index in [-0.39, 0.29) is 17.7 Å². The maximum atomic E-state index is 13.0. The average molecular weight is 521 g/mol. The monoisotopic (exact) mass is 520 g/mol. The van der Waals surface area contributed by atoms with Crippen molar-refractivity contribution in [2.45, 2.75) is 45.4 Å². The van der Waals surface area contributed by atoms with Gasteiger partial charge in [-0.3, -0.25) is 9.59 Å². The zero-order valence-corrected chi connectivity index (χ0v) is 21.9. The van der Waals surface area contributed by atoms with E-state index in [1.165, 1.54) is 16.2 Å². The molecular formula is C26H28N6O2S2. The molecule has 36 heavy (non-hydrogen) atoms. The molecule has 4 aromatic heterocycles. The molecule has 0 bridgehead atoms. The van der Waals surface area contributed by atoms with E-state index < -0.39 is 0 Å². The lowest BCUT2D eigenvalue weighted by atomic mass is 9.97. The third kappa shape index (κ3) is 5.39. The number of anilines is 1. The van der Waals surface area contributed by atoms with Crippen molar-refractivity contribution in [2.75, 3.05) is 18.4 Å². The van der Waals surface area contributed by atoms with Gasteiger partial charge in [-0.05, 0) is 62.8 Å². The van der Waals surface area contributed by atoms with E-state index in [1.54, 1.807) is 28.3 Å². The van der Waals surface area contributed by atoms with E-state index in [4.69, 9.17) is 0 Å². The van der Waals surface area contributed by atoms with Gasteiger partial charge in [0.15, 0.2) is 5.82 Å². The summed E-state index contributed by atoms with van der Waals surface area (Å²) in [5.74, 6) is 0.787. The second-order valence-corrected chi connectivity index (χ2v) is 10.9. The van der Waals surface area contributed by atoms with Gasteiger partial charge in [-0.1, -0.05) is 6.07 Å². The molecule has 2 amide bonds. The molecule has 1 fully saturated rings. The Morgan fingerprint density at radius 2 is 1.97 bits per heavy atom. The van der Waals surface area contributed by atoms with E-state index in [9.17, 15) is 9.59 Å². The van der Waals surface area contributed by atoms with Crippen molar-refractivity contribution in [1.29, 1.82) is 0 Å². The Kier molecular flexibility index (Phi) is 7.24. The van der Waals surface area contributed by atoms with Crippen LogP contribution in [-0.2, 0) is 11.2 Å². The average Bonchev–Trinajstić information content (AvgIpc) is 3.65. The molecule has 0 spiro atoms. The first-order valence-corrected chi connectivity index (χ1v) is 13.8. The fraction of sp³-hybridized carbons (Fsp3) is 0.346. The van der Waals surface area contributed by atoms with Gasteiger partial charge in [0, 0.05) is 47.6 Å². The number of thiophene rings is 1. The zero-order valence-electron chi connectivity index (χ0n) is 20.3. The molecule has 0 aromatic carbocycles. The number of aromatic nitrogens is 4. The van der Waals surface area contributed by atoms with Crippen LogP contribution in [0.15, 0.2) is 47.3 Å². The predicted octanol–water partition coefficient (Wildman–Crippen LogP) is 4.99. The Balaban J connectivity index is 1.19. The number of pyridine rings is 1. The van der Waals surface area contributed by atoms with Crippen LogP contribution in [0.2, 0.25) is 0 Å². The van der Waals surface area contributed by atoms with Gasteiger partial charge in [0.1, 0.15) is 5.69 Å². The molecule has 4 aromatic rings. The van der Waals surface area contributed by atoms with Crippen LogP contribution in [0, 0.1) is 13.8 Å². The van der Waals surface area contributed by atoms with Crippen LogP contribution in [0.3, 0.4) is 0 Å². The van der Waals surface area contributed by atoms with E-state index in [0.29, 0.717) is 23.6 Å². The van der Waals surface area contributed by atoms with Crippen LogP contribution >= 0.6 is 22.7 Å². The minimum atomic E-state index is -0.269. The zero-order chi connectivity index (χ0) is 25.1. The molecule has 1 aliphatic heterocycles. The Labute approximate surface area is 218 Å². The first-order chi connectivity index (χ1) is 17.5. The lowest BCUT2D eigenvalue weighted by Gasteiger charge is -2.31. The van der Waals surface area contributed by atoms with Crippen molar-refractivity contribution in [3.8, 4) is 5.82 Å². The number of nitrogens with zero attached hydrogens (tertiary/aromatic N) is 5. The number of hydrogen-bond donors (Lipinski definition) is 1. The van der Waals surface area contributed by atoms with Gasteiger partial charge in [0.2, 0.25) is 5.91 Å². The lowest BCUT2D eigenvalue weighted by Crippen LogP contribution is -2.38. The second kappa shape index (κ2) is 10.7. The minimum absolute atomic E-state index is 0.218. The molecule has 10 heteroatoms. The normalized spacial score (nSPS) is 14.2. The lowest BCUT2D eigenvalue weighted by molar-refractivity contribution is -0.132. The van der Waals surface area contributed by atoms with E-state index in [1.807, 2.05) is 47.7 Å². The smallest absolute Gasteiger partial charge is 0.275 e. The topological polar surface area (TPSA) is 93.0 Å². The SMILES string of the molecule is Cc1cc(C)n(-c2ncccc2NC(=O)c2csc(C3CCN(C(=O)CCc4cccs4)CC3)n2)n1. The number of nitrogens with one attached hydrogen (secondary N) is 1. The predicted molar refractivity (Wildman–Crippen MR) is 142 cm³/mol. The minimum Gasteiger partial charge on any atom is -0.343 e. The summed E-state index contributed by atoms with van der Waals surface area (Å²) in [5, 5.41) is 12.3. The number of piperidine rings is 1. The summed E-state index contributed by atoms with van der Waals surface area (Å²) in [4.78, 5) is 37.9. The molecule has 1 aliphatic rings. The molecule has 0 aliphatic carbocycles. The summed E-state index contributed by atoms with van der Waals surface area (Å²) >= 11 is 3.21. The largest absolute Gasteiger partial charge is 0.343 e. The number of carbonyl (C=O) groups excluding carboxylic acids is 2. The maximum absolute atomic E-state index is 13.0. The van der Waals surface area contributed by atoms with Crippen molar-refractivity contribution in [3.63, 3.8) is 0 Å². The van der Waals surface area contributed by atoms with Crippen LogP contribution in [0.5, 0.6) is 0 Å². The van der Waals surface area contributed by atoms with Gasteiger partial charge in [-0.25, -0.2) is 14.6 Å². The van der Waals surface area contributed by atoms with Gasteiger partial charge in [0.05, 0.1) is 16.4 Å². The van der Waals surface area contributed by atoms with Crippen molar-refractivity contribution in [3.05, 3.63) is 74.3 Å². The van der Waals surface area contributed by atoms with Gasteiger partial charge < -0.3 is 10.2 Å². The number of likely N-dealkylation sites (tertiary alicyclic amines) is 1. The van der Waals surface area contributed by atoms with Gasteiger partial charge in [0.25, 0.3) is 5.91 Å². The van der Waals surface area contributed by atoms with Crippen molar-refractivity contribution < 1.29 is 9.59 Å². The third-order valence-electron chi connectivity index (χ3n) is 6.36. The molecular weight excluding hydrogens is 492 g/mol. The van der Waals surface area contributed by atoms with Crippen LogP contribution in [0.25, 0.3) is 5.82 Å². The van der Waals surface area contributed by atoms with Crippen molar-refractivity contribution in [1.82, 2.24) is 24.6 Å². The fourth-order valence-corrected chi connectivity index (χ4v) is 6.17. The standard InChI is InChI=1S/C26H28N6O2S2/c1-17-15-18(2)32(30-17)24-21(6-3-11-27-24)28-25(34)22-16-36-26(29-22)19-9-12-31(13-10-19)23(33)8-7-20-5-4-14-35-20/h3-6,11,14-16,19H,7-10,12-13H2,1-2H3,(H,28,34). The number of aryl methyl sites for hydroxylation is 3. The van der Waals surface area contributed by atoms with Crippen molar-refractivity contribution in [2.24, 2.45) is 0 Å². The van der Waals surface area contributed by atoms with Gasteiger partial charge in [-0.2, -0.15) is 5.10 Å². The maximum Gasteiger partial charge on any atom is 0.275 e. The molecule has 5 heterocycles. The highest BCUT2D eigenvalue weighted by Gasteiger charge is 2.26. The molecule has 0 saturated carbocycles. The quantitative estimate of drug-likeness (QED) is 0.370. The summed E-state index contributed by atoms with van der Waals surface area (Å²) in [7, 11) is 0. The second-order valence-electron chi connectivity index (χ2n) is 8.97. The molecule has 0 atom stereocenters. The number of rotatable bonds is 7. The van der Waals surface area contributed by atoms with E-state index in [2.05, 4.69) is 26.4 Å². The third-order valence-corrected chi connectivity index (χ3v) is 8.31. The molecule has 1 N–H and O–H groups in total. The van der Waals surface area contributed by atoms with Gasteiger partial charge >= 0.3 is 0 Å². The van der Waals surface area contributed by atoms with Crippen LogP contribution in [0.1, 0.15) is 56.9 Å². The number of thiazole rings is 1. The Morgan fingerprint density at radius 1 is 1.14 bits per heavy atom. The molecule has 0 radical (unpaired) electrons.